The molecule has 1 aromatic carbocycles. The van der Waals surface area contributed by atoms with Gasteiger partial charge in [0.1, 0.15) is 11.9 Å². The van der Waals surface area contributed by atoms with Crippen LogP contribution in [0, 0.1) is 5.92 Å². The first-order valence-electron chi connectivity index (χ1n) is 5.57. The molecule has 0 bridgehead atoms. The third kappa shape index (κ3) is 1.78. The summed E-state index contributed by atoms with van der Waals surface area (Å²) < 4.78 is 0. The summed E-state index contributed by atoms with van der Waals surface area (Å²) in [5.41, 5.74) is -0.121. The minimum Gasteiger partial charge on any atom is -0.384 e. The maximum absolute atomic E-state index is 11.2. The highest BCUT2D eigenvalue weighted by molar-refractivity contribution is 8.00. The smallest absolute Gasteiger partial charge is 0.127 e. The third-order valence-corrected chi connectivity index (χ3v) is 4.95. The molecule has 2 nitrogen and oxygen atoms in total. The summed E-state index contributed by atoms with van der Waals surface area (Å²) in [6.45, 7) is 2.06. The minimum absolute atomic E-state index is 0.239. The number of aliphatic hydroxyl groups is 1. The molecule has 1 N–H and O–H groups in total. The Balaban J connectivity index is 2.35. The zero-order valence-electron chi connectivity index (χ0n) is 9.30. The molecule has 1 aromatic rings. The Bertz CT molecular complexity index is 365. The normalized spacial score (nSPS) is 33.9. The average Bonchev–Trinajstić information content (AvgIpc) is 2.68. The second-order valence-electron chi connectivity index (χ2n) is 4.21. The van der Waals surface area contributed by atoms with Crippen LogP contribution in [-0.4, -0.2) is 22.4 Å². The zero-order chi connectivity index (χ0) is 11.6. The van der Waals surface area contributed by atoms with Crippen LogP contribution in [0.3, 0.4) is 0 Å². The largest absolute Gasteiger partial charge is 0.384 e. The average molecular weight is 236 g/mol. The first-order valence-corrected chi connectivity index (χ1v) is 6.62. The van der Waals surface area contributed by atoms with Crippen LogP contribution in [0.25, 0.3) is 0 Å². The molecule has 3 heteroatoms. The predicted octanol–water partition coefficient (Wildman–Crippen LogP) is 2.21. The van der Waals surface area contributed by atoms with Gasteiger partial charge < -0.3 is 9.90 Å². The molecule has 3 atom stereocenters. The van der Waals surface area contributed by atoms with Crippen LogP contribution in [0.5, 0.6) is 0 Å². The Morgan fingerprint density at radius 1 is 1.50 bits per heavy atom. The highest BCUT2D eigenvalue weighted by atomic mass is 32.2. The molecule has 1 aliphatic heterocycles. The van der Waals surface area contributed by atoms with E-state index in [-0.39, 0.29) is 11.2 Å². The highest BCUT2D eigenvalue weighted by Crippen LogP contribution is 2.46. The quantitative estimate of drug-likeness (QED) is 0.818. The lowest BCUT2D eigenvalue weighted by atomic mass is 9.81. The minimum atomic E-state index is -0.978. The van der Waals surface area contributed by atoms with Gasteiger partial charge in [-0.05, 0) is 12.0 Å². The monoisotopic (exact) mass is 236 g/mol. The van der Waals surface area contributed by atoms with Gasteiger partial charge in [0, 0.05) is 11.0 Å². The van der Waals surface area contributed by atoms with Crippen molar-refractivity contribution in [3.8, 4) is 0 Å². The molecular formula is C13H16O2S. The molecule has 1 heterocycles. The Morgan fingerprint density at radius 2 is 2.19 bits per heavy atom. The van der Waals surface area contributed by atoms with Crippen LogP contribution in [0.4, 0.5) is 0 Å². The van der Waals surface area contributed by atoms with Gasteiger partial charge in [0.05, 0.1) is 5.92 Å². The SMILES string of the molecule is CC[C@H]1SC[C@@](O)(c2ccccc2)[C@@H]1C=O. The number of carbonyl (C=O) groups is 1. The van der Waals surface area contributed by atoms with Crippen molar-refractivity contribution in [2.45, 2.75) is 24.2 Å². The molecular weight excluding hydrogens is 220 g/mol. The molecule has 0 spiro atoms. The van der Waals surface area contributed by atoms with Crippen molar-refractivity contribution < 1.29 is 9.90 Å². The molecule has 0 aromatic heterocycles. The fourth-order valence-electron chi connectivity index (χ4n) is 2.32. The van der Waals surface area contributed by atoms with Gasteiger partial charge in [-0.25, -0.2) is 0 Å². The number of hydrogen-bond acceptors (Lipinski definition) is 3. The molecule has 16 heavy (non-hydrogen) atoms. The van der Waals surface area contributed by atoms with Crippen LogP contribution in [0.2, 0.25) is 0 Å². The van der Waals surface area contributed by atoms with Crippen LogP contribution in [0.1, 0.15) is 18.9 Å². The second-order valence-corrected chi connectivity index (χ2v) is 5.44. The Kier molecular flexibility index (Phi) is 3.36. The summed E-state index contributed by atoms with van der Waals surface area (Å²) >= 11 is 1.70. The first kappa shape index (κ1) is 11.7. The standard InChI is InChI=1S/C13H16O2S/c1-2-12-11(8-14)13(15,9-16-12)10-6-4-3-5-7-10/h3-8,11-12,15H,2,9H2,1H3/t11-,12-,13-/m1/s1. The van der Waals surface area contributed by atoms with Crippen molar-refractivity contribution in [2.75, 3.05) is 5.75 Å². The molecule has 1 aliphatic rings. The van der Waals surface area contributed by atoms with Gasteiger partial charge in [-0.1, -0.05) is 37.3 Å². The topological polar surface area (TPSA) is 37.3 Å². The molecule has 86 valence electrons. The van der Waals surface area contributed by atoms with E-state index in [2.05, 4.69) is 6.92 Å². The van der Waals surface area contributed by atoms with E-state index in [4.69, 9.17) is 0 Å². The van der Waals surface area contributed by atoms with E-state index in [1.54, 1.807) is 11.8 Å². The maximum atomic E-state index is 11.2. The number of carbonyl (C=O) groups excluding carboxylic acids is 1. The van der Waals surface area contributed by atoms with Crippen LogP contribution >= 0.6 is 11.8 Å². The predicted molar refractivity (Wildman–Crippen MR) is 66.4 cm³/mol. The number of thioether (sulfide) groups is 1. The van der Waals surface area contributed by atoms with Crippen molar-refractivity contribution in [2.24, 2.45) is 5.92 Å². The number of aldehydes is 1. The maximum Gasteiger partial charge on any atom is 0.127 e. The van der Waals surface area contributed by atoms with E-state index in [0.717, 1.165) is 18.3 Å². The van der Waals surface area contributed by atoms with Gasteiger partial charge in [0.25, 0.3) is 0 Å². The zero-order valence-corrected chi connectivity index (χ0v) is 10.1. The van der Waals surface area contributed by atoms with E-state index < -0.39 is 5.60 Å². The lowest BCUT2D eigenvalue weighted by Gasteiger charge is -2.28. The number of benzene rings is 1. The van der Waals surface area contributed by atoms with Gasteiger partial charge >= 0.3 is 0 Å². The lowest BCUT2D eigenvalue weighted by molar-refractivity contribution is -0.118. The van der Waals surface area contributed by atoms with E-state index in [1.165, 1.54) is 0 Å². The Morgan fingerprint density at radius 3 is 2.75 bits per heavy atom. The fourth-order valence-corrected chi connectivity index (χ4v) is 3.88. The fraction of sp³-hybridized carbons (Fsp3) is 0.462. The van der Waals surface area contributed by atoms with E-state index in [9.17, 15) is 9.90 Å². The molecule has 0 saturated carbocycles. The van der Waals surface area contributed by atoms with E-state index in [1.807, 2.05) is 30.3 Å². The Labute approximate surface area is 100 Å². The number of hydrogen-bond donors (Lipinski definition) is 1. The summed E-state index contributed by atoms with van der Waals surface area (Å²) in [6.07, 6.45) is 1.84. The first-order chi connectivity index (χ1) is 7.72. The molecule has 0 amide bonds. The van der Waals surface area contributed by atoms with Gasteiger partial charge in [-0.2, -0.15) is 11.8 Å². The molecule has 2 rings (SSSR count). The van der Waals surface area contributed by atoms with Gasteiger partial charge in [0.15, 0.2) is 0 Å². The molecule has 0 aliphatic carbocycles. The highest BCUT2D eigenvalue weighted by Gasteiger charge is 2.48. The van der Waals surface area contributed by atoms with Crippen LogP contribution in [0.15, 0.2) is 30.3 Å². The summed E-state index contributed by atoms with van der Waals surface area (Å²) in [4.78, 5) is 11.2. The molecule has 0 radical (unpaired) electrons. The van der Waals surface area contributed by atoms with Crippen molar-refractivity contribution in [3.63, 3.8) is 0 Å². The van der Waals surface area contributed by atoms with E-state index in [0.29, 0.717) is 5.75 Å². The summed E-state index contributed by atoms with van der Waals surface area (Å²) in [7, 11) is 0. The summed E-state index contributed by atoms with van der Waals surface area (Å²) in [5, 5.41) is 10.9. The van der Waals surface area contributed by atoms with Crippen molar-refractivity contribution >= 4 is 18.0 Å². The molecule has 0 unspecified atom stereocenters. The van der Waals surface area contributed by atoms with Gasteiger partial charge in [0.2, 0.25) is 0 Å². The Hall–Kier alpha value is -0.800. The third-order valence-electron chi connectivity index (χ3n) is 3.29. The van der Waals surface area contributed by atoms with Crippen molar-refractivity contribution in [3.05, 3.63) is 35.9 Å². The van der Waals surface area contributed by atoms with Crippen molar-refractivity contribution in [1.82, 2.24) is 0 Å². The van der Waals surface area contributed by atoms with Gasteiger partial charge in [-0.3, -0.25) is 0 Å². The van der Waals surface area contributed by atoms with Crippen molar-refractivity contribution in [1.29, 1.82) is 0 Å². The van der Waals surface area contributed by atoms with Gasteiger partial charge in [-0.15, -0.1) is 0 Å². The number of rotatable bonds is 3. The van der Waals surface area contributed by atoms with Crippen LogP contribution < -0.4 is 0 Å². The lowest BCUT2D eigenvalue weighted by Crippen LogP contribution is -2.37. The second kappa shape index (κ2) is 4.60. The van der Waals surface area contributed by atoms with Crippen LogP contribution in [-0.2, 0) is 10.4 Å². The molecule has 1 fully saturated rings. The summed E-state index contributed by atoms with van der Waals surface area (Å²) in [6, 6.07) is 9.52. The van der Waals surface area contributed by atoms with E-state index >= 15 is 0 Å². The summed E-state index contributed by atoms with van der Waals surface area (Å²) in [5.74, 6) is 0.323. The molecule has 1 saturated heterocycles.